The third kappa shape index (κ3) is 4.94. The summed E-state index contributed by atoms with van der Waals surface area (Å²) in [7, 11) is 1.65. The molecule has 128 valence electrons. The summed E-state index contributed by atoms with van der Waals surface area (Å²) in [5, 5.41) is 3.15. The van der Waals surface area contributed by atoms with Crippen molar-refractivity contribution >= 4 is 5.91 Å². The van der Waals surface area contributed by atoms with Crippen LogP contribution < -0.4 is 15.8 Å². The van der Waals surface area contributed by atoms with Gasteiger partial charge in [-0.25, -0.2) is 0 Å². The molecule has 0 bridgehead atoms. The minimum atomic E-state index is -0.370. The van der Waals surface area contributed by atoms with Crippen molar-refractivity contribution in [3.05, 3.63) is 29.8 Å². The summed E-state index contributed by atoms with van der Waals surface area (Å²) in [6.07, 6.45) is 4.33. The Morgan fingerprint density at radius 1 is 1.39 bits per heavy atom. The highest BCUT2D eigenvalue weighted by molar-refractivity contribution is 5.81. The molecule has 23 heavy (non-hydrogen) atoms. The first-order valence-corrected chi connectivity index (χ1v) is 8.47. The Morgan fingerprint density at radius 2 is 2.13 bits per heavy atom. The van der Waals surface area contributed by atoms with Crippen LogP contribution in [0.3, 0.4) is 0 Å². The van der Waals surface area contributed by atoms with Crippen molar-refractivity contribution in [2.24, 2.45) is 5.73 Å². The van der Waals surface area contributed by atoms with Gasteiger partial charge in [0, 0.05) is 6.54 Å². The van der Waals surface area contributed by atoms with E-state index in [0.717, 1.165) is 43.4 Å². The Kier molecular flexibility index (Phi) is 6.86. The summed E-state index contributed by atoms with van der Waals surface area (Å²) in [5.74, 6) is 0.789. The molecule has 0 aromatic heterocycles. The molecule has 1 heterocycles. The van der Waals surface area contributed by atoms with Gasteiger partial charge in [-0.15, -0.1) is 0 Å². The monoisotopic (exact) mass is 320 g/mol. The average Bonchev–Trinajstić information content (AvgIpc) is 3.08. The van der Waals surface area contributed by atoms with Gasteiger partial charge in [-0.3, -0.25) is 4.79 Å². The summed E-state index contributed by atoms with van der Waals surface area (Å²) < 4.78 is 10.9. The van der Waals surface area contributed by atoms with Crippen molar-refractivity contribution in [1.82, 2.24) is 5.32 Å². The van der Waals surface area contributed by atoms with Gasteiger partial charge in [-0.2, -0.15) is 0 Å². The first-order valence-electron chi connectivity index (χ1n) is 8.47. The highest BCUT2D eigenvalue weighted by Gasteiger charge is 2.31. The Morgan fingerprint density at radius 3 is 2.70 bits per heavy atom. The number of carbonyl (C=O) groups excluding carboxylic acids is 1. The normalized spacial score (nSPS) is 21.9. The molecule has 1 aromatic carbocycles. The van der Waals surface area contributed by atoms with Crippen LogP contribution in [0.15, 0.2) is 24.3 Å². The fourth-order valence-corrected chi connectivity index (χ4v) is 2.90. The van der Waals surface area contributed by atoms with E-state index < -0.39 is 0 Å². The first kappa shape index (κ1) is 17.8. The molecule has 3 N–H and O–H groups in total. The van der Waals surface area contributed by atoms with Crippen molar-refractivity contribution in [2.75, 3.05) is 13.7 Å². The van der Waals surface area contributed by atoms with Gasteiger partial charge < -0.3 is 20.5 Å². The maximum Gasteiger partial charge on any atom is 0.249 e. The topological polar surface area (TPSA) is 73.6 Å². The maximum absolute atomic E-state index is 12.5. The zero-order chi connectivity index (χ0) is 16.7. The van der Waals surface area contributed by atoms with Gasteiger partial charge in [0.15, 0.2) is 0 Å². The van der Waals surface area contributed by atoms with Crippen LogP contribution in [0, 0.1) is 0 Å². The minimum Gasteiger partial charge on any atom is -0.497 e. The maximum atomic E-state index is 12.5. The van der Waals surface area contributed by atoms with E-state index in [1.165, 1.54) is 0 Å². The lowest BCUT2D eigenvalue weighted by atomic mass is 10.0. The molecule has 5 heteroatoms. The SMILES string of the molecule is CCCCC(NC(=O)[C@@H]1CC[C@H](CN)O1)c1ccc(OC)cc1. The van der Waals surface area contributed by atoms with Crippen LogP contribution in [0.2, 0.25) is 0 Å². The molecule has 1 unspecified atom stereocenters. The zero-order valence-electron chi connectivity index (χ0n) is 14.1. The predicted molar refractivity (Wildman–Crippen MR) is 90.4 cm³/mol. The Labute approximate surface area is 138 Å². The second-order valence-corrected chi connectivity index (χ2v) is 6.04. The number of benzene rings is 1. The fraction of sp³-hybridized carbons (Fsp3) is 0.611. The van der Waals surface area contributed by atoms with Crippen LogP contribution in [0.4, 0.5) is 0 Å². The van der Waals surface area contributed by atoms with Crippen LogP contribution in [-0.4, -0.2) is 31.8 Å². The molecule has 0 spiro atoms. The van der Waals surface area contributed by atoms with E-state index in [0.29, 0.717) is 6.54 Å². The number of carbonyl (C=O) groups is 1. The Bertz CT molecular complexity index is 490. The molecule has 1 fully saturated rings. The van der Waals surface area contributed by atoms with Crippen molar-refractivity contribution in [3.8, 4) is 5.75 Å². The third-order valence-electron chi connectivity index (χ3n) is 4.34. The lowest BCUT2D eigenvalue weighted by Crippen LogP contribution is -2.37. The molecular weight excluding hydrogens is 292 g/mol. The van der Waals surface area contributed by atoms with Gasteiger partial charge in [0.05, 0.1) is 19.3 Å². The average molecular weight is 320 g/mol. The van der Waals surface area contributed by atoms with Crippen molar-refractivity contribution < 1.29 is 14.3 Å². The van der Waals surface area contributed by atoms with Gasteiger partial charge in [-0.1, -0.05) is 31.9 Å². The van der Waals surface area contributed by atoms with Gasteiger partial charge in [0.25, 0.3) is 0 Å². The van der Waals surface area contributed by atoms with Crippen LogP contribution in [0.5, 0.6) is 5.75 Å². The zero-order valence-corrected chi connectivity index (χ0v) is 14.1. The van der Waals surface area contributed by atoms with Crippen LogP contribution in [-0.2, 0) is 9.53 Å². The summed E-state index contributed by atoms with van der Waals surface area (Å²) in [6, 6.07) is 7.89. The molecule has 5 nitrogen and oxygen atoms in total. The first-order chi connectivity index (χ1) is 11.2. The quantitative estimate of drug-likeness (QED) is 0.772. The highest BCUT2D eigenvalue weighted by atomic mass is 16.5. The number of amides is 1. The standard InChI is InChI=1S/C18H28N2O3/c1-3-4-5-16(13-6-8-14(22-2)9-7-13)20-18(21)17-11-10-15(12-19)23-17/h6-9,15-17H,3-5,10-12,19H2,1-2H3,(H,20,21)/t15-,16?,17+/m1/s1. The Balaban J connectivity index is 2.01. The third-order valence-corrected chi connectivity index (χ3v) is 4.34. The summed E-state index contributed by atoms with van der Waals surface area (Å²) in [4.78, 5) is 12.5. The molecule has 0 aliphatic carbocycles. The number of nitrogens with two attached hydrogens (primary N) is 1. The largest absolute Gasteiger partial charge is 0.497 e. The molecule has 1 amide bonds. The van der Waals surface area contributed by atoms with Crippen LogP contribution in [0.25, 0.3) is 0 Å². The van der Waals surface area contributed by atoms with Crippen molar-refractivity contribution in [3.63, 3.8) is 0 Å². The van der Waals surface area contributed by atoms with Gasteiger partial charge in [0.2, 0.25) is 5.91 Å². The van der Waals surface area contributed by atoms with Crippen molar-refractivity contribution in [1.29, 1.82) is 0 Å². The van der Waals surface area contributed by atoms with Crippen molar-refractivity contribution in [2.45, 2.75) is 57.3 Å². The van der Waals surface area contributed by atoms with E-state index in [-0.39, 0.29) is 24.2 Å². The molecule has 0 saturated carbocycles. The number of hydrogen-bond acceptors (Lipinski definition) is 4. The predicted octanol–water partition coefficient (Wildman–Crippen LogP) is 2.55. The molecule has 3 atom stereocenters. The number of ether oxygens (including phenoxy) is 2. The number of nitrogens with one attached hydrogen (secondary N) is 1. The van der Waals surface area contributed by atoms with Gasteiger partial charge in [0.1, 0.15) is 11.9 Å². The molecule has 1 saturated heterocycles. The minimum absolute atomic E-state index is 0.00822. The lowest BCUT2D eigenvalue weighted by molar-refractivity contribution is -0.132. The van der Waals surface area contributed by atoms with E-state index in [9.17, 15) is 4.79 Å². The molecule has 2 rings (SSSR count). The summed E-state index contributed by atoms with van der Waals surface area (Å²) in [6.45, 7) is 2.63. The van der Waals surface area contributed by atoms with Gasteiger partial charge >= 0.3 is 0 Å². The lowest BCUT2D eigenvalue weighted by Gasteiger charge is -2.21. The number of hydrogen-bond donors (Lipinski definition) is 2. The smallest absolute Gasteiger partial charge is 0.249 e. The van der Waals surface area contributed by atoms with Gasteiger partial charge in [-0.05, 0) is 37.0 Å². The van der Waals surface area contributed by atoms with E-state index in [4.69, 9.17) is 15.2 Å². The number of rotatable bonds is 8. The van der Waals surface area contributed by atoms with Crippen LogP contribution >= 0.6 is 0 Å². The number of methoxy groups -OCH3 is 1. The van der Waals surface area contributed by atoms with E-state index in [2.05, 4.69) is 12.2 Å². The van der Waals surface area contributed by atoms with E-state index in [1.807, 2.05) is 24.3 Å². The second-order valence-electron chi connectivity index (χ2n) is 6.04. The second kappa shape index (κ2) is 8.89. The van der Waals surface area contributed by atoms with E-state index in [1.54, 1.807) is 7.11 Å². The van der Waals surface area contributed by atoms with E-state index >= 15 is 0 Å². The Hall–Kier alpha value is -1.59. The molecule has 1 aliphatic rings. The molecule has 0 radical (unpaired) electrons. The summed E-state index contributed by atoms with van der Waals surface area (Å²) in [5.41, 5.74) is 6.71. The van der Waals surface area contributed by atoms with Crippen LogP contribution in [0.1, 0.15) is 50.6 Å². The molecule has 1 aliphatic heterocycles. The summed E-state index contributed by atoms with van der Waals surface area (Å²) >= 11 is 0. The fourth-order valence-electron chi connectivity index (χ4n) is 2.90. The molecule has 1 aromatic rings. The highest BCUT2D eigenvalue weighted by Crippen LogP contribution is 2.24. The number of unbranched alkanes of at least 4 members (excludes halogenated alkanes) is 1. The molecular formula is C18H28N2O3.